The lowest BCUT2D eigenvalue weighted by Gasteiger charge is -2.38. The van der Waals surface area contributed by atoms with Gasteiger partial charge in [-0.05, 0) is 43.2 Å². The van der Waals surface area contributed by atoms with Gasteiger partial charge in [0.25, 0.3) is 5.91 Å². The van der Waals surface area contributed by atoms with E-state index < -0.39 is 0 Å². The summed E-state index contributed by atoms with van der Waals surface area (Å²) in [5.74, 6) is 0.810. The highest BCUT2D eigenvalue weighted by molar-refractivity contribution is 5.92. The number of pyridine rings is 2. The molecule has 1 amide bonds. The second-order valence-electron chi connectivity index (χ2n) is 9.57. The maximum atomic E-state index is 13.1. The van der Waals surface area contributed by atoms with E-state index in [1.54, 1.807) is 18.1 Å². The summed E-state index contributed by atoms with van der Waals surface area (Å²) in [6.45, 7) is 1.32. The number of rotatable bonds is 5. The van der Waals surface area contributed by atoms with Gasteiger partial charge in [0.15, 0.2) is 11.5 Å². The molecule has 11 nitrogen and oxygen atoms in total. The van der Waals surface area contributed by atoms with Crippen LogP contribution in [0.3, 0.4) is 0 Å². The Kier molecular flexibility index (Phi) is 6.49. The van der Waals surface area contributed by atoms with Gasteiger partial charge in [-0.3, -0.25) is 4.79 Å². The summed E-state index contributed by atoms with van der Waals surface area (Å²) >= 11 is 0. The molecule has 0 saturated carbocycles. The lowest BCUT2D eigenvalue weighted by atomic mass is 10.0. The Morgan fingerprint density at radius 1 is 0.975 bits per heavy atom. The van der Waals surface area contributed by atoms with Crippen LogP contribution in [0.1, 0.15) is 29.2 Å². The molecule has 198 valence electrons. The lowest BCUT2D eigenvalue weighted by molar-refractivity contribution is 0.0698. The molecule has 0 spiro atoms. The molecular weight excluding hydrogens is 504 g/mol. The number of aromatic nitrogens is 6. The van der Waals surface area contributed by atoms with Crippen LogP contribution in [-0.4, -0.2) is 66.6 Å². The third kappa shape index (κ3) is 4.56. The molecule has 5 aromatic rings. The number of benzene rings is 1. The molecule has 1 aliphatic heterocycles. The summed E-state index contributed by atoms with van der Waals surface area (Å²) in [6, 6.07) is 21.2. The van der Waals surface area contributed by atoms with E-state index in [-0.39, 0.29) is 23.5 Å². The van der Waals surface area contributed by atoms with Crippen LogP contribution in [0, 0.1) is 11.3 Å². The van der Waals surface area contributed by atoms with Crippen LogP contribution in [0.4, 0.5) is 5.82 Å². The molecule has 6 rings (SSSR count). The normalized spacial score (nSPS) is 13.8. The minimum atomic E-state index is -0.233. The zero-order valence-corrected chi connectivity index (χ0v) is 21.8. The topological polar surface area (TPSA) is 143 Å². The average Bonchev–Trinajstić information content (AvgIpc) is 3.39. The van der Waals surface area contributed by atoms with Crippen molar-refractivity contribution in [3.8, 4) is 28.7 Å². The maximum Gasteiger partial charge on any atom is 0.272 e. The van der Waals surface area contributed by atoms with Gasteiger partial charge in [0.1, 0.15) is 23.1 Å². The molecular formula is C29H26N10O. The summed E-state index contributed by atoms with van der Waals surface area (Å²) < 4.78 is 2.04. The first kappa shape index (κ1) is 24.9. The monoisotopic (exact) mass is 530 g/mol. The fourth-order valence-electron chi connectivity index (χ4n) is 5.08. The highest BCUT2D eigenvalue weighted by Crippen LogP contribution is 2.30. The third-order valence-electron chi connectivity index (χ3n) is 7.20. The second kappa shape index (κ2) is 10.4. The van der Waals surface area contributed by atoms with Crippen LogP contribution in [0.25, 0.3) is 33.8 Å². The number of nitrogens with two attached hydrogens (primary N) is 1. The average molecular weight is 531 g/mol. The Bertz CT molecular complexity index is 1740. The van der Waals surface area contributed by atoms with Gasteiger partial charge in [0.05, 0.1) is 11.3 Å². The van der Waals surface area contributed by atoms with E-state index in [1.165, 1.54) is 12.3 Å². The Morgan fingerprint density at radius 2 is 1.77 bits per heavy atom. The number of hydrogen-bond donors (Lipinski definition) is 1. The number of amides is 1. The number of nitrogens with zero attached hydrogens (tertiary/aromatic N) is 9. The first-order chi connectivity index (χ1) is 19.5. The summed E-state index contributed by atoms with van der Waals surface area (Å²) in [5.41, 5.74) is 10.6. The van der Waals surface area contributed by atoms with E-state index in [2.05, 4.69) is 20.0 Å². The van der Waals surface area contributed by atoms with E-state index in [4.69, 9.17) is 21.0 Å². The van der Waals surface area contributed by atoms with Crippen molar-refractivity contribution in [2.75, 3.05) is 30.9 Å². The van der Waals surface area contributed by atoms with Gasteiger partial charge in [-0.25, -0.2) is 29.6 Å². The van der Waals surface area contributed by atoms with Gasteiger partial charge in [-0.1, -0.05) is 30.3 Å². The van der Waals surface area contributed by atoms with Gasteiger partial charge in [-0.2, -0.15) is 5.26 Å². The van der Waals surface area contributed by atoms with Crippen LogP contribution >= 0.6 is 0 Å². The van der Waals surface area contributed by atoms with Gasteiger partial charge in [-0.15, -0.1) is 0 Å². The smallest absolute Gasteiger partial charge is 0.272 e. The van der Waals surface area contributed by atoms with Crippen LogP contribution in [-0.2, 0) is 0 Å². The van der Waals surface area contributed by atoms with Crippen LogP contribution in [0.15, 0.2) is 73.1 Å². The standard InChI is InChI=1S/C29H26N10O/c1-37(29(40)24-11-15-32-25(18-30)34-24)20-12-16-38(17-13-20)39-27(21-8-5-14-33-26(21)31)36-23-10-9-22(35-28(23)39)19-6-3-2-4-7-19/h2-11,14-15,20H,12-13,16-17H2,1H3,(H2,31,33). The maximum absolute atomic E-state index is 13.1. The van der Waals surface area contributed by atoms with E-state index >= 15 is 0 Å². The van der Waals surface area contributed by atoms with E-state index in [0.717, 1.165) is 40.8 Å². The van der Waals surface area contributed by atoms with Crippen molar-refractivity contribution in [1.82, 2.24) is 34.5 Å². The molecule has 1 saturated heterocycles. The highest BCUT2D eigenvalue weighted by atomic mass is 16.2. The number of carbonyl (C=O) groups is 1. The molecule has 1 aliphatic rings. The minimum absolute atomic E-state index is 0.00112. The van der Waals surface area contributed by atoms with E-state index in [1.807, 2.05) is 65.3 Å². The molecule has 1 aromatic carbocycles. The summed E-state index contributed by atoms with van der Waals surface area (Å²) in [7, 11) is 1.78. The zero-order chi connectivity index (χ0) is 27.6. The summed E-state index contributed by atoms with van der Waals surface area (Å²) in [4.78, 5) is 37.0. The van der Waals surface area contributed by atoms with Crippen molar-refractivity contribution in [3.05, 3.63) is 84.6 Å². The Hall–Kier alpha value is -5.37. The minimum Gasteiger partial charge on any atom is -0.383 e. The Morgan fingerprint density at radius 3 is 2.52 bits per heavy atom. The molecule has 1 fully saturated rings. The number of hydrogen-bond acceptors (Lipinski definition) is 9. The summed E-state index contributed by atoms with van der Waals surface area (Å²) in [6.07, 6.45) is 4.53. The Balaban J connectivity index is 1.33. The van der Waals surface area contributed by atoms with Gasteiger partial charge >= 0.3 is 0 Å². The van der Waals surface area contributed by atoms with Crippen LogP contribution in [0.2, 0.25) is 0 Å². The molecule has 0 unspecified atom stereocenters. The predicted octanol–water partition coefficient (Wildman–Crippen LogP) is 3.28. The largest absolute Gasteiger partial charge is 0.383 e. The number of carbonyl (C=O) groups excluding carboxylic acids is 1. The van der Waals surface area contributed by atoms with Crippen molar-refractivity contribution in [2.24, 2.45) is 0 Å². The summed E-state index contributed by atoms with van der Waals surface area (Å²) in [5, 5.41) is 11.3. The number of nitriles is 1. The van der Waals surface area contributed by atoms with Crippen molar-refractivity contribution in [1.29, 1.82) is 5.26 Å². The number of nitrogen functional groups attached to an aromatic ring is 1. The molecule has 40 heavy (non-hydrogen) atoms. The molecule has 4 aromatic heterocycles. The second-order valence-corrected chi connectivity index (χ2v) is 9.57. The molecule has 0 radical (unpaired) electrons. The van der Waals surface area contributed by atoms with Crippen molar-refractivity contribution in [2.45, 2.75) is 18.9 Å². The molecule has 0 aliphatic carbocycles. The Labute approximate surface area is 230 Å². The number of imidazole rings is 1. The van der Waals surface area contributed by atoms with Crippen LogP contribution in [0.5, 0.6) is 0 Å². The number of piperidine rings is 1. The fraction of sp³-hybridized carbons (Fsp3) is 0.207. The van der Waals surface area contributed by atoms with E-state index in [9.17, 15) is 4.79 Å². The molecule has 2 N–H and O–H groups in total. The molecule has 11 heteroatoms. The van der Waals surface area contributed by atoms with Crippen molar-refractivity contribution >= 4 is 22.9 Å². The van der Waals surface area contributed by atoms with Crippen molar-refractivity contribution < 1.29 is 4.79 Å². The molecule has 5 heterocycles. The van der Waals surface area contributed by atoms with Crippen LogP contribution < -0.4 is 10.7 Å². The molecule has 0 bridgehead atoms. The SMILES string of the molecule is CN(C(=O)c1ccnc(C#N)n1)C1CCN(n2c(-c3cccnc3N)nc3ccc(-c4ccccc4)nc32)CC1. The zero-order valence-electron chi connectivity index (χ0n) is 21.8. The third-order valence-corrected chi connectivity index (χ3v) is 7.20. The quantitative estimate of drug-likeness (QED) is 0.362. The fourth-order valence-corrected chi connectivity index (χ4v) is 5.08. The first-order valence-electron chi connectivity index (χ1n) is 12.9. The highest BCUT2D eigenvalue weighted by Gasteiger charge is 2.30. The van der Waals surface area contributed by atoms with Gasteiger partial charge in [0, 0.05) is 44.1 Å². The number of anilines is 1. The molecule has 0 atom stereocenters. The predicted molar refractivity (Wildman–Crippen MR) is 150 cm³/mol. The van der Waals surface area contributed by atoms with Crippen molar-refractivity contribution in [3.63, 3.8) is 0 Å². The number of fused-ring (bicyclic) bond motifs is 1. The van der Waals surface area contributed by atoms with E-state index in [0.29, 0.717) is 24.7 Å². The lowest BCUT2D eigenvalue weighted by Crippen LogP contribution is -2.49. The van der Waals surface area contributed by atoms with Gasteiger partial charge < -0.3 is 15.6 Å². The first-order valence-corrected chi connectivity index (χ1v) is 12.9. The van der Waals surface area contributed by atoms with Gasteiger partial charge in [0.2, 0.25) is 5.82 Å².